The van der Waals surface area contributed by atoms with Gasteiger partial charge in [-0.2, -0.15) is 0 Å². The lowest BCUT2D eigenvalue weighted by Crippen LogP contribution is -2.42. The minimum absolute atomic E-state index is 0.274. The second-order valence-electron chi connectivity index (χ2n) is 6.11. The van der Waals surface area contributed by atoms with Crippen LogP contribution < -0.4 is 5.32 Å². The van der Waals surface area contributed by atoms with Gasteiger partial charge in [-0.15, -0.1) is 0 Å². The van der Waals surface area contributed by atoms with Gasteiger partial charge in [0.15, 0.2) is 6.10 Å². The van der Waals surface area contributed by atoms with E-state index in [9.17, 15) is 9.59 Å². The summed E-state index contributed by atoms with van der Waals surface area (Å²) in [5.41, 5.74) is 0.617. The molecule has 1 aromatic rings. The van der Waals surface area contributed by atoms with Crippen LogP contribution >= 0.6 is 11.6 Å². The van der Waals surface area contributed by atoms with E-state index in [1.807, 2.05) is 38.1 Å². The fourth-order valence-corrected chi connectivity index (χ4v) is 2.93. The highest BCUT2D eigenvalue weighted by Crippen LogP contribution is 2.29. The Balaban J connectivity index is 1.94. The Morgan fingerprint density at radius 1 is 1.32 bits per heavy atom. The molecule has 0 aliphatic carbocycles. The Kier molecular flexibility index (Phi) is 5.08. The van der Waals surface area contributed by atoms with Crippen molar-refractivity contribution >= 4 is 23.5 Å². The van der Waals surface area contributed by atoms with Gasteiger partial charge < -0.3 is 15.2 Å². The van der Waals surface area contributed by atoms with Gasteiger partial charge in [-0.05, 0) is 24.5 Å². The maximum atomic E-state index is 12.1. The number of rotatable bonds is 5. The van der Waals surface area contributed by atoms with E-state index in [2.05, 4.69) is 5.32 Å². The second-order valence-corrected chi connectivity index (χ2v) is 6.52. The third-order valence-corrected chi connectivity index (χ3v) is 4.22. The average molecular weight is 326 g/mol. The first-order valence-electron chi connectivity index (χ1n) is 7.22. The molecule has 0 aromatic heterocycles. The largest absolute Gasteiger partial charge is 0.479 e. The monoisotopic (exact) mass is 325 g/mol. The van der Waals surface area contributed by atoms with E-state index < -0.39 is 18.2 Å². The minimum Gasteiger partial charge on any atom is -0.479 e. The summed E-state index contributed by atoms with van der Waals surface area (Å²) >= 11 is 6.20. The second kappa shape index (κ2) is 6.67. The molecular weight excluding hydrogens is 306 g/mol. The molecule has 1 aromatic carbocycles. The quantitative estimate of drug-likeness (QED) is 0.871. The molecule has 0 spiro atoms. The van der Waals surface area contributed by atoms with Crippen molar-refractivity contribution in [2.75, 3.05) is 6.54 Å². The highest BCUT2D eigenvalue weighted by atomic mass is 35.5. The number of nitrogens with one attached hydrogen (secondary N) is 1. The molecule has 0 bridgehead atoms. The predicted octanol–water partition coefficient (Wildman–Crippen LogP) is 2.37. The van der Waals surface area contributed by atoms with Gasteiger partial charge in [-0.1, -0.05) is 43.6 Å². The number of benzene rings is 1. The van der Waals surface area contributed by atoms with Crippen molar-refractivity contribution in [3.8, 4) is 0 Å². The summed E-state index contributed by atoms with van der Waals surface area (Å²) in [7, 11) is 0. The summed E-state index contributed by atoms with van der Waals surface area (Å²) in [4.78, 5) is 23.0. The molecule has 1 heterocycles. The topological polar surface area (TPSA) is 75.6 Å². The third kappa shape index (κ3) is 3.78. The Hall–Kier alpha value is -1.59. The zero-order valence-electron chi connectivity index (χ0n) is 12.6. The lowest BCUT2D eigenvalue weighted by molar-refractivity contribution is -0.151. The first-order chi connectivity index (χ1) is 10.3. The molecule has 120 valence electrons. The van der Waals surface area contributed by atoms with E-state index in [1.54, 1.807) is 0 Å². The van der Waals surface area contributed by atoms with Crippen LogP contribution in [0.15, 0.2) is 24.3 Å². The van der Waals surface area contributed by atoms with Crippen molar-refractivity contribution in [1.29, 1.82) is 0 Å². The van der Waals surface area contributed by atoms with Crippen molar-refractivity contribution in [3.63, 3.8) is 0 Å². The molecule has 0 saturated carbocycles. The van der Waals surface area contributed by atoms with Crippen LogP contribution in [0.3, 0.4) is 0 Å². The van der Waals surface area contributed by atoms with Gasteiger partial charge in [0.05, 0.1) is 0 Å². The fourth-order valence-electron chi connectivity index (χ4n) is 2.54. The number of carbonyl (C=O) groups excluding carboxylic acids is 1. The summed E-state index contributed by atoms with van der Waals surface area (Å²) in [6.07, 6.45) is -0.785. The van der Waals surface area contributed by atoms with Gasteiger partial charge in [0.25, 0.3) is 0 Å². The van der Waals surface area contributed by atoms with Crippen LogP contribution in [0.1, 0.15) is 32.3 Å². The van der Waals surface area contributed by atoms with Crippen molar-refractivity contribution < 1.29 is 19.4 Å². The molecule has 1 amide bonds. The standard InChI is InChI=1S/C16H20ClNO4/c1-16(2,10-5-3-4-6-11(10)17)9-18-14(19)12-7-8-13(22-12)15(20)21/h3-6,12-13H,7-9H2,1-2H3,(H,18,19)(H,20,21)/t12-,13+/m0/s1. The van der Waals surface area contributed by atoms with Crippen molar-refractivity contribution in [3.05, 3.63) is 34.9 Å². The summed E-state index contributed by atoms with van der Waals surface area (Å²) in [6.45, 7) is 4.38. The third-order valence-electron chi connectivity index (χ3n) is 3.89. The maximum absolute atomic E-state index is 12.1. The molecule has 1 aliphatic rings. The highest BCUT2D eigenvalue weighted by Gasteiger charge is 2.35. The molecule has 1 fully saturated rings. The summed E-state index contributed by atoms with van der Waals surface area (Å²) in [5, 5.41) is 12.4. The SMILES string of the molecule is CC(C)(CNC(=O)[C@@H]1CC[C@H](C(=O)O)O1)c1ccccc1Cl. The van der Waals surface area contributed by atoms with E-state index in [-0.39, 0.29) is 11.3 Å². The predicted molar refractivity (Wildman–Crippen MR) is 83.0 cm³/mol. The normalized spacial score (nSPS) is 21.6. The molecule has 2 rings (SSSR count). The molecule has 6 heteroatoms. The Labute approximate surface area is 134 Å². The zero-order chi connectivity index (χ0) is 16.3. The molecule has 22 heavy (non-hydrogen) atoms. The van der Waals surface area contributed by atoms with Gasteiger partial charge in [-0.25, -0.2) is 4.79 Å². The van der Waals surface area contributed by atoms with E-state index in [1.165, 1.54) is 0 Å². The van der Waals surface area contributed by atoms with Crippen LogP contribution in [0.2, 0.25) is 5.02 Å². The molecule has 0 radical (unpaired) electrons. The molecule has 1 aliphatic heterocycles. The summed E-state index contributed by atoms with van der Waals surface area (Å²) in [5.74, 6) is -1.30. The lowest BCUT2D eigenvalue weighted by Gasteiger charge is -2.27. The van der Waals surface area contributed by atoms with Gasteiger partial charge in [0.1, 0.15) is 6.10 Å². The van der Waals surface area contributed by atoms with E-state index in [0.29, 0.717) is 24.4 Å². The number of hydrogen-bond acceptors (Lipinski definition) is 3. The lowest BCUT2D eigenvalue weighted by atomic mass is 9.84. The molecule has 5 nitrogen and oxygen atoms in total. The van der Waals surface area contributed by atoms with Crippen LogP contribution in [0.5, 0.6) is 0 Å². The van der Waals surface area contributed by atoms with Gasteiger partial charge >= 0.3 is 5.97 Å². The number of carboxylic acids is 1. The summed E-state index contributed by atoms with van der Waals surface area (Å²) < 4.78 is 5.24. The number of hydrogen-bond donors (Lipinski definition) is 2. The van der Waals surface area contributed by atoms with E-state index in [0.717, 1.165) is 5.56 Å². The zero-order valence-corrected chi connectivity index (χ0v) is 13.4. The first-order valence-corrected chi connectivity index (χ1v) is 7.60. The van der Waals surface area contributed by atoms with Crippen molar-refractivity contribution in [1.82, 2.24) is 5.32 Å². The van der Waals surface area contributed by atoms with Gasteiger partial charge in [-0.3, -0.25) is 4.79 Å². The smallest absolute Gasteiger partial charge is 0.332 e. The van der Waals surface area contributed by atoms with Crippen LogP contribution in [0.4, 0.5) is 0 Å². The van der Waals surface area contributed by atoms with Gasteiger partial charge in [0, 0.05) is 17.0 Å². The van der Waals surface area contributed by atoms with Crippen LogP contribution in [0, 0.1) is 0 Å². The number of amides is 1. The molecule has 0 unspecified atom stereocenters. The van der Waals surface area contributed by atoms with Crippen LogP contribution in [-0.2, 0) is 19.7 Å². The fraction of sp³-hybridized carbons (Fsp3) is 0.500. The Bertz CT molecular complexity index is 573. The minimum atomic E-state index is -1.02. The molecule has 2 atom stereocenters. The van der Waals surface area contributed by atoms with Crippen LogP contribution in [0.25, 0.3) is 0 Å². The molecule has 2 N–H and O–H groups in total. The van der Waals surface area contributed by atoms with Crippen molar-refractivity contribution in [2.45, 2.75) is 44.3 Å². The number of carbonyl (C=O) groups is 2. The number of ether oxygens (including phenoxy) is 1. The van der Waals surface area contributed by atoms with E-state index in [4.69, 9.17) is 21.4 Å². The summed E-state index contributed by atoms with van der Waals surface area (Å²) in [6, 6.07) is 7.51. The number of halogens is 1. The average Bonchev–Trinajstić information content (AvgIpc) is 2.95. The van der Waals surface area contributed by atoms with Crippen molar-refractivity contribution in [2.24, 2.45) is 0 Å². The van der Waals surface area contributed by atoms with E-state index >= 15 is 0 Å². The number of aliphatic carboxylic acids is 1. The highest BCUT2D eigenvalue weighted by molar-refractivity contribution is 6.31. The Morgan fingerprint density at radius 2 is 1.95 bits per heavy atom. The number of carboxylic acid groups (broad SMARTS) is 1. The van der Waals surface area contributed by atoms with Gasteiger partial charge in [0.2, 0.25) is 5.91 Å². The molecule has 1 saturated heterocycles. The first kappa shape index (κ1) is 16.8. The van der Waals surface area contributed by atoms with Crippen LogP contribution in [-0.4, -0.2) is 35.7 Å². The Morgan fingerprint density at radius 3 is 2.55 bits per heavy atom. The maximum Gasteiger partial charge on any atom is 0.332 e. The molecular formula is C16H20ClNO4.